The van der Waals surface area contributed by atoms with E-state index in [4.69, 9.17) is 0 Å². The summed E-state index contributed by atoms with van der Waals surface area (Å²) in [6.07, 6.45) is 9.42. The van der Waals surface area contributed by atoms with Crippen molar-refractivity contribution in [2.24, 2.45) is 0 Å². The average Bonchev–Trinajstić information content (AvgIpc) is 2.84. The van der Waals surface area contributed by atoms with Gasteiger partial charge in [0.2, 0.25) is 0 Å². The Balaban J connectivity index is 2.11. The van der Waals surface area contributed by atoms with Gasteiger partial charge in [-0.15, -0.1) is 0 Å². The molecule has 0 aliphatic carbocycles. The molecule has 2 N–H and O–H groups in total. The highest BCUT2D eigenvalue weighted by molar-refractivity contribution is 5.64. The summed E-state index contributed by atoms with van der Waals surface area (Å²) in [4.78, 5) is 0. The van der Waals surface area contributed by atoms with Crippen molar-refractivity contribution in [3.8, 4) is 11.8 Å². The van der Waals surface area contributed by atoms with Crippen LogP contribution < -0.4 is 10.6 Å². The van der Waals surface area contributed by atoms with Crippen LogP contribution in [0.1, 0.15) is 67.3 Å². The third kappa shape index (κ3) is 9.56. The molecule has 0 aliphatic heterocycles. The largest absolute Gasteiger partial charge is 0.385 e. The predicted octanol–water partition coefficient (Wildman–Crippen LogP) is 6.80. The molecular weight excluding hydrogens is 400 g/mol. The first kappa shape index (κ1) is 26.2. The van der Waals surface area contributed by atoms with Gasteiger partial charge >= 0.3 is 0 Å². The van der Waals surface area contributed by atoms with E-state index >= 15 is 0 Å². The summed E-state index contributed by atoms with van der Waals surface area (Å²) < 4.78 is 0. The molecule has 174 valence electrons. The lowest BCUT2D eigenvalue weighted by atomic mass is 9.98. The Hall–Kier alpha value is -3.02. The Kier molecular flexibility index (Phi) is 11.9. The summed E-state index contributed by atoms with van der Waals surface area (Å²) in [5.74, 6) is 6.79. The molecule has 0 atom stereocenters. The van der Waals surface area contributed by atoms with Crippen molar-refractivity contribution in [2.75, 3.05) is 19.6 Å². The van der Waals surface area contributed by atoms with Crippen LogP contribution >= 0.6 is 0 Å². The number of nitrogens with one attached hydrogen (secondary N) is 2. The first-order chi connectivity index (χ1) is 16.1. The van der Waals surface area contributed by atoms with Gasteiger partial charge in [-0.25, -0.2) is 0 Å². The van der Waals surface area contributed by atoms with E-state index in [0.717, 1.165) is 67.7 Å². The number of aryl methyl sites for hydroxylation is 2. The Bertz CT molecular complexity index is 984. The van der Waals surface area contributed by atoms with E-state index in [9.17, 15) is 0 Å². The van der Waals surface area contributed by atoms with Crippen molar-refractivity contribution in [1.29, 1.82) is 0 Å². The molecule has 0 unspecified atom stereocenters. The molecule has 0 saturated heterocycles. The van der Waals surface area contributed by atoms with E-state index in [0.29, 0.717) is 0 Å². The first-order valence-corrected chi connectivity index (χ1v) is 12.2. The van der Waals surface area contributed by atoms with Crippen molar-refractivity contribution >= 4 is 5.70 Å². The molecule has 0 aliphatic rings. The molecule has 0 bridgehead atoms. The Morgan fingerprint density at radius 3 is 2.48 bits per heavy atom. The summed E-state index contributed by atoms with van der Waals surface area (Å²) in [5.41, 5.74) is 8.02. The van der Waals surface area contributed by atoms with Crippen molar-refractivity contribution in [3.63, 3.8) is 0 Å². The van der Waals surface area contributed by atoms with Gasteiger partial charge in [0.05, 0.1) is 0 Å². The van der Waals surface area contributed by atoms with Gasteiger partial charge in [-0.2, -0.15) is 0 Å². The van der Waals surface area contributed by atoms with Crippen LogP contribution in [0.2, 0.25) is 0 Å². The lowest BCUT2D eigenvalue weighted by Crippen LogP contribution is -2.16. The second-order valence-corrected chi connectivity index (χ2v) is 8.42. The van der Waals surface area contributed by atoms with Crippen molar-refractivity contribution in [3.05, 3.63) is 101 Å². The van der Waals surface area contributed by atoms with Gasteiger partial charge in [-0.3, -0.25) is 0 Å². The van der Waals surface area contributed by atoms with E-state index < -0.39 is 0 Å². The molecule has 2 rings (SSSR count). The van der Waals surface area contributed by atoms with Crippen LogP contribution in [0, 0.1) is 18.8 Å². The average molecular weight is 441 g/mol. The van der Waals surface area contributed by atoms with Crippen LogP contribution in [0.4, 0.5) is 0 Å². The van der Waals surface area contributed by atoms with Crippen molar-refractivity contribution < 1.29 is 0 Å². The third-order valence-corrected chi connectivity index (χ3v) is 5.69. The smallest absolute Gasteiger partial charge is 0.0341 e. The maximum atomic E-state index is 4.27. The number of hydrogen-bond donors (Lipinski definition) is 2. The van der Waals surface area contributed by atoms with Gasteiger partial charge in [0.15, 0.2) is 0 Å². The van der Waals surface area contributed by atoms with Gasteiger partial charge in [-0.05, 0) is 88.4 Å². The monoisotopic (exact) mass is 440 g/mol. The Morgan fingerprint density at radius 2 is 1.79 bits per heavy atom. The van der Waals surface area contributed by atoms with Gasteiger partial charge in [0.1, 0.15) is 0 Å². The second kappa shape index (κ2) is 14.9. The highest BCUT2D eigenvalue weighted by Crippen LogP contribution is 2.18. The maximum Gasteiger partial charge on any atom is 0.0341 e. The van der Waals surface area contributed by atoms with Crippen LogP contribution in [0.5, 0.6) is 0 Å². The molecule has 0 aromatic heterocycles. The van der Waals surface area contributed by atoms with E-state index in [1.54, 1.807) is 0 Å². The molecule has 2 heteroatoms. The van der Waals surface area contributed by atoms with Gasteiger partial charge in [0.25, 0.3) is 0 Å². The van der Waals surface area contributed by atoms with E-state index in [1.165, 1.54) is 23.1 Å². The van der Waals surface area contributed by atoms with Crippen molar-refractivity contribution in [1.82, 2.24) is 10.6 Å². The Labute approximate surface area is 201 Å². The molecule has 0 radical (unpaired) electrons. The molecule has 0 saturated carbocycles. The van der Waals surface area contributed by atoms with Crippen LogP contribution in [-0.2, 0) is 6.42 Å². The maximum absolute atomic E-state index is 4.27. The van der Waals surface area contributed by atoms with Gasteiger partial charge in [0, 0.05) is 23.4 Å². The summed E-state index contributed by atoms with van der Waals surface area (Å²) in [6.45, 7) is 17.5. The van der Waals surface area contributed by atoms with Gasteiger partial charge in [-0.1, -0.05) is 79.5 Å². The highest BCUT2D eigenvalue weighted by Gasteiger charge is 2.06. The lowest BCUT2D eigenvalue weighted by molar-refractivity contribution is 0.639. The molecule has 2 aromatic carbocycles. The summed E-state index contributed by atoms with van der Waals surface area (Å²) >= 11 is 0. The fourth-order valence-electron chi connectivity index (χ4n) is 3.58. The highest BCUT2D eigenvalue weighted by atomic mass is 14.9. The zero-order valence-corrected chi connectivity index (χ0v) is 20.8. The zero-order valence-electron chi connectivity index (χ0n) is 20.8. The minimum Gasteiger partial charge on any atom is -0.385 e. The number of rotatable bonds is 13. The third-order valence-electron chi connectivity index (χ3n) is 5.69. The van der Waals surface area contributed by atoms with E-state index in [1.807, 2.05) is 6.08 Å². The van der Waals surface area contributed by atoms with E-state index in [-0.39, 0.29) is 0 Å². The number of benzene rings is 2. The minimum absolute atomic E-state index is 0.888. The van der Waals surface area contributed by atoms with Crippen LogP contribution in [0.3, 0.4) is 0 Å². The summed E-state index contributed by atoms with van der Waals surface area (Å²) in [6, 6.07) is 15.0. The quantitative estimate of drug-likeness (QED) is 0.203. The topological polar surface area (TPSA) is 24.1 Å². The SMILES string of the molecule is C=C/C(=C\C)CCCNC(=C)c1ccc(CCCNCCC)c(C#Cc2ccc(C)cc2)c1. The molecule has 2 nitrogen and oxygen atoms in total. The standard InChI is InChI=1S/C31H40N2/c1-6-21-32-22-10-12-29-19-20-30(26(5)33-23-9-11-27(7-2)8-3)24-31(29)18-17-28-15-13-25(4)14-16-28/h7-8,13-16,19-20,24,32-33H,2,5-6,9-12,21-23H2,1,3-4H3/b27-8+. The molecule has 0 fully saturated rings. The summed E-state index contributed by atoms with van der Waals surface area (Å²) in [5, 5.41) is 6.97. The zero-order chi connectivity index (χ0) is 23.9. The van der Waals surface area contributed by atoms with Crippen LogP contribution in [0.15, 0.2) is 73.3 Å². The molecular formula is C31H40N2. The van der Waals surface area contributed by atoms with Gasteiger partial charge < -0.3 is 10.6 Å². The second-order valence-electron chi connectivity index (χ2n) is 8.42. The fourth-order valence-corrected chi connectivity index (χ4v) is 3.58. The van der Waals surface area contributed by atoms with Crippen LogP contribution in [0.25, 0.3) is 5.70 Å². The Morgan fingerprint density at radius 1 is 1.00 bits per heavy atom. The molecule has 0 heterocycles. The first-order valence-electron chi connectivity index (χ1n) is 12.2. The van der Waals surface area contributed by atoms with Crippen LogP contribution in [-0.4, -0.2) is 19.6 Å². The molecule has 0 spiro atoms. The molecule has 2 aromatic rings. The molecule has 0 amide bonds. The normalized spacial score (nSPS) is 10.9. The number of allylic oxidation sites excluding steroid dienone is 3. The lowest BCUT2D eigenvalue weighted by Gasteiger charge is -2.13. The van der Waals surface area contributed by atoms with Crippen molar-refractivity contribution in [2.45, 2.75) is 52.9 Å². The van der Waals surface area contributed by atoms with E-state index in [2.05, 4.69) is 105 Å². The summed E-state index contributed by atoms with van der Waals surface area (Å²) in [7, 11) is 0. The fraction of sp³-hybridized carbons (Fsp3) is 0.355. The minimum atomic E-state index is 0.888. The number of hydrogen-bond acceptors (Lipinski definition) is 2. The predicted molar refractivity (Wildman–Crippen MR) is 145 cm³/mol. The molecule has 33 heavy (non-hydrogen) atoms.